The van der Waals surface area contributed by atoms with Gasteiger partial charge >= 0.3 is 11.9 Å². The number of nitrogens with one attached hydrogen (secondary N) is 14. The van der Waals surface area contributed by atoms with E-state index in [4.69, 9.17) is 34.4 Å². The van der Waals surface area contributed by atoms with Crippen molar-refractivity contribution in [2.24, 2.45) is 68.1 Å². The van der Waals surface area contributed by atoms with Gasteiger partial charge in [0.1, 0.15) is 72.5 Å². The second-order valence-electron chi connectivity index (χ2n) is 27.3. The summed E-state index contributed by atoms with van der Waals surface area (Å²) in [7, 11) is 0. The van der Waals surface area contributed by atoms with E-state index in [-0.39, 0.29) is 112 Å². The summed E-state index contributed by atoms with van der Waals surface area (Å²) in [4.78, 5) is 225. The van der Waals surface area contributed by atoms with Crippen LogP contribution in [0.2, 0.25) is 0 Å². The molecular weight excluding hydrogens is 1440 g/mol. The molecule has 0 unspecified atom stereocenters. The number of H-pyrrole nitrogens is 2. The highest BCUT2D eigenvalue weighted by atomic mass is 16.4. The van der Waals surface area contributed by atoms with E-state index in [0.29, 0.717) is 0 Å². The van der Waals surface area contributed by atoms with Crippen LogP contribution in [0.1, 0.15) is 131 Å². The van der Waals surface area contributed by atoms with Crippen molar-refractivity contribution in [3.63, 3.8) is 0 Å². The maximum absolute atomic E-state index is 14.6. The molecule has 2 aromatic heterocycles. The molecule has 2 aromatic rings. The number of imidazole rings is 2. The monoisotopic (exact) mass is 1550 g/mol. The van der Waals surface area contributed by atoms with Crippen molar-refractivity contribution in [1.29, 1.82) is 0 Å². The minimum atomic E-state index is -1.94. The Morgan fingerprint density at radius 2 is 0.725 bits per heavy atom. The van der Waals surface area contributed by atoms with Gasteiger partial charge in [0.2, 0.25) is 76.8 Å². The van der Waals surface area contributed by atoms with Crippen molar-refractivity contribution >= 4 is 101 Å². The lowest BCUT2D eigenvalue weighted by Crippen LogP contribution is -2.62. The highest BCUT2D eigenvalue weighted by Crippen LogP contribution is 2.14. The summed E-state index contributed by atoms with van der Waals surface area (Å²) in [5.41, 5.74) is 33.5. The number of amides is 13. The van der Waals surface area contributed by atoms with Crippen LogP contribution in [-0.4, -0.2) is 258 Å². The molecule has 44 nitrogen and oxygen atoms in total. The van der Waals surface area contributed by atoms with Crippen molar-refractivity contribution in [2.45, 2.75) is 211 Å². The predicted octanol–water partition coefficient (Wildman–Crippen LogP) is -9.23. The van der Waals surface area contributed by atoms with Crippen molar-refractivity contribution in [2.75, 3.05) is 32.9 Å². The molecule has 44 heteroatoms. The van der Waals surface area contributed by atoms with Gasteiger partial charge in [0.15, 0.2) is 11.9 Å². The summed E-state index contributed by atoms with van der Waals surface area (Å²) >= 11 is 0. The Bertz CT molecular complexity index is 3400. The molecule has 109 heavy (non-hydrogen) atoms. The zero-order valence-electron chi connectivity index (χ0n) is 62.3. The number of aliphatic hydroxyl groups is 3. The lowest BCUT2D eigenvalue weighted by molar-refractivity contribution is -0.143. The summed E-state index contributed by atoms with van der Waals surface area (Å²) in [6.07, 6.45) is 2.17. The topological polar surface area (TPSA) is 740 Å². The van der Waals surface area contributed by atoms with Crippen molar-refractivity contribution in [3.05, 3.63) is 36.4 Å². The summed E-state index contributed by atoms with van der Waals surface area (Å²) in [6.45, 7) is 9.99. The molecule has 13 amide bonds. The largest absolute Gasteiger partial charge is 0.481 e. The van der Waals surface area contributed by atoms with Gasteiger partial charge in [-0.25, -0.2) is 14.8 Å². The molecular formula is C65H110N24O20. The SMILES string of the molecule is CC(C)C[C@H](NC(=O)[C@H](CCCN=C(N)N)NC(=O)[C@H](CO)NC(=O)[C@H](Cc1cnc[nH]1)NC(=O)[C@H](CC(C)C)NC(=O)[C@@H](NC(=O)[C@H](Cc1cnc[nH]1)NC(=O)[C@H](CO)NC(=O)[C@H](CC(=O)O)NC(=O)[C@H](CCCN=C(N)N)NC(=O)[C@@H](N)CC(C)C)C(C)C)C(=O)N[C@@H](CO)C(=O)N[C@@H](CCC(N)=O)C(=O)O. The molecule has 610 valence electrons. The summed E-state index contributed by atoms with van der Waals surface area (Å²) in [5.74, 6) is -18.9. The Hall–Kier alpha value is -11.1. The number of aromatic amines is 2. The lowest BCUT2D eigenvalue weighted by atomic mass is 9.98. The standard InChI is InChI=1S/C65H110N24O20/c1-30(2)17-36(66)51(96)78-37(11-9-15-74-64(68)69)52(97)84-44(22-49(94)95)57(102)88-47(27-92)61(106)83-43(21-35-24-73-29-77-35)58(103)89-50(33(7)8)62(107)85-41(19-32(5)6)54(99)82-42(20-34-23-72-28-76-34)56(101)87-45(25-90)59(104)79-38(12-10-16-75-65(70)71)53(98)81-40(18-31(3)4)55(100)86-46(26-91)60(105)80-39(63(108)109)13-14-48(67)93/h23-24,28-33,36-47,50,90-92H,9-22,25-27,66H2,1-8H3,(H2,67,93)(H,72,76)(H,73,77)(H,78,96)(H,79,104)(H,80,105)(H,81,98)(H,82,99)(H,83,106)(H,84,97)(H,85,107)(H,86,100)(H,87,101)(H,88,102)(H,89,103)(H,94,95)(H,108,109)(H4,68,69,74)(H4,70,71,75)/t36-,37-,38-,39-,40-,41-,42-,43-,44-,45-,46-,47-,50-/m0/s1. The molecule has 0 radical (unpaired) electrons. The number of hydrogen-bond donors (Lipinski definition) is 25. The fraction of sp³-hybridized carbons (Fsp3) is 0.646. The molecule has 0 saturated carbocycles. The summed E-state index contributed by atoms with van der Waals surface area (Å²) in [6, 6.07) is -21.1. The van der Waals surface area contributed by atoms with Crippen LogP contribution in [0.15, 0.2) is 35.0 Å². The number of carboxylic acid groups (broad SMARTS) is 2. The summed E-state index contributed by atoms with van der Waals surface area (Å²) < 4.78 is 0. The van der Waals surface area contributed by atoms with Gasteiger partial charge in [-0.2, -0.15) is 0 Å². The Balaban J connectivity index is 2.48. The Morgan fingerprint density at radius 3 is 1.07 bits per heavy atom. The number of carbonyl (C=O) groups is 15. The quantitative estimate of drug-likeness (QED) is 0.0166. The molecule has 0 aliphatic carbocycles. The molecule has 0 bridgehead atoms. The van der Waals surface area contributed by atoms with Crippen LogP contribution in [0.25, 0.3) is 0 Å². The Morgan fingerprint density at radius 1 is 0.404 bits per heavy atom. The molecule has 2 heterocycles. The van der Waals surface area contributed by atoms with E-state index in [1.807, 2.05) is 13.8 Å². The average molecular weight is 1550 g/mol. The molecule has 0 aromatic carbocycles. The zero-order chi connectivity index (χ0) is 82.4. The van der Waals surface area contributed by atoms with E-state index in [1.165, 1.54) is 38.9 Å². The Labute approximate surface area is 628 Å². The van der Waals surface area contributed by atoms with Gasteiger partial charge in [0.25, 0.3) is 0 Å². The molecule has 0 aliphatic rings. The number of aliphatic carboxylic acids is 2. The lowest BCUT2D eigenvalue weighted by Gasteiger charge is -2.29. The number of nitrogens with two attached hydrogens (primary N) is 6. The first-order chi connectivity index (χ1) is 51.2. The van der Waals surface area contributed by atoms with Crippen LogP contribution in [0.5, 0.6) is 0 Å². The first-order valence-corrected chi connectivity index (χ1v) is 35.2. The zero-order valence-corrected chi connectivity index (χ0v) is 62.3. The number of primary amides is 1. The second kappa shape index (κ2) is 48.2. The third kappa shape index (κ3) is 35.9. The van der Waals surface area contributed by atoms with Crippen LogP contribution >= 0.6 is 0 Å². The first-order valence-electron chi connectivity index (χ1n) is 35.2. The van der Waals surface area contributed by atoms with Crippen LogP contribution in [0.3, 0.4) is 0 Å². The highest BCUT2D eigenvalue weighted by Gasteiger charge is 2.39. The maximum atomic E-state index is 14.6. The third-order valence-corrected chi connectivity index (χ3v) is 16.1. The van der Waals surface area contributed by atoms with Gasteiger partial charge < -0.3 is 134 Å². The van der Waals surface area contributed by atoms with Crippen LogP contribution in [0, 0.1) is 23.7 Å². The summed E-state index contributed by atoms with van der Waals surface area (Å²) in [5, 5.41) is 79.5. The molecule has 31 N–H and O–H groups in total. The Kier molecular flexibility index (Phi) is 41.5. The molecule has 2 rings (SSSR count). The normalized spacial score (nSPS) is 14.8. The van der Waals surface area contributed by atoms with Gasteiger partial charge in [-0.05, 0) is 75.0 Å². The van der Waals surface area contributed by atoms with Gasteiger partial charge in [0, 0.05) is 56.1 Å². The maximum Gasteiger partial charge on any atom is 0.326 e. The third-order valence-electron chi connectivity index (χ3n) is 16.1. The number of carboxylic acids is 2. The fourth-order valence-corrected chi connectivity index (χ4v) is 10.5. The van der Waals surface area contributed by atoms with Gasteiger partial charge in [-0.3, -0.25) is 77.1 Å². The van der Waals surface area contributed by atoms with Gasteiger partial charge in [-0.15, -0.1) is 0 Å². The average Bonchev–Trinajstić information content (AvgIpc) is 1.62. The molecule has 0 aliphatic heterocycles. The van der Waals surface area contributed by atoms with Gasteiger partial charge in [-0.1, -0.05) is 55.4 Å². The van der Waals surface area contributed by atoms with Crippen LogP contribution < -0.4 is 98.2 Å². The fourth-order valence-electron chi connectivity index (χ4n) is 10.5. The molecule has 0 spiro atoms. The number of guanidine groups is 2. The molecule has 0 fully saturated rings. The van der Waals surface area contributed by atoms with Crippen molar-refractivity contribution < 1.29 is 97.5 Å². The number of aromatic nitrogens is 4. The number of rotatable bonds is 52. The van der Waals surface area contributed by atoms with E-state index in [2.05, 4.69) is 93.7 Å². The van der Waals surface area contributed by atoms with E-state index >= 15 is 0 Å². The number of carbonyl (C=O) groups excluding carboxylic acids is 13. The van der Waals surface area contributed by atoms with E-state index < -0.39 is 212 Å². The first kappa shape index (κ1) is 93.9. The number of hydrogen-bond acceptors (Lipinski definition) is 23. The predicted molar refractivity (Wildman–Crippen MR) is 388 cm³/mol. The van der Waals surface area contributed by atoms with E-state index in [0.717, 1.165) is 0 Å². The smallest absolute Gasteiger partial charge is 0.326 e. The van der Waals surface area contributed by atoms with E-state index in [1.54, 1.807) is 27.7 Å². The number of aliphatic hydroxyl groups excluding tert-OH is 3. The number of nitrogens with zero attached hydrogens (tertiary/aromatic N) is 4. The molecule has 0 saturated heterocycles. The van der Waals surface area contributed by atoms with Crippen LogP contribution in [0.4, 0.5) is 0 Å². The minimum absolute atomic E-state index is 0.00234. The number of aliphatic imine (C=N–C) groups is 2. The highest BCUT2D eigenvalue weighted by molar-refractivity contribution is 6.00. The minimum Gasteiger partial charge on any atom is -0.481 e. The van der Waals surface area contributed by atoms with Crippen molar-refractivity contribution in [3.8, 4) is 0 Å². The second-order valence-corrected chi connectivity index (χ2v) is 27.3. The molecule has 13 atom stereocenters. The van der Waals surface area contributed by atoms with Gasteiger partial charge in [0.05, 0.1) is 44.9 Å². The van der Waals surface area contributed by atoms with Crippen LogP contribution in [-0.2, 0) is 84.8 Å². The van der Waals surface area contributed by atoms with E-state index in [9.17, 15) is 97.5 Å². The van der Waals surface area contributed by atoms with Crippen molar-refractivity contribution in [1.82, 2.24) is 83.7 Å².